The minimum Gasteiger partial charge on any atom is -0.449 e. The molecule has 6 heteroatoms. The first-order valence-electron chi connectivity index (χ1n) is 6.67. The van der Waals surface area contributed by atoms with Crippen LogP contribution in [-0.2, 0) is 9.53 Å². The highest BCUT2D eigenvalue weighted by molar-refractivity contribution is 5.95. The summed E-state index contributed by atoms with van der Waals surface area (Å²) in [6.45, 7) is 5.17. The predicted octanol–water partition coefficient (Wildman–Crippen LogP) is 2.08. The van der Waals surface area contributed by atoms with E-state index in [4.69, 9.17) is 14.9 Å². The summed E-state index contributed by atoms with van der Waals surface area (Å²) in [6.07, 6.45) is -0.891. The molecule has 0 radical (unpaired) electrons. The third-order valence-corrected chi connectivity index (χ3v) is 2.83. The summed E-state index contributed by atoms with van der Waals surface area (Å²) < 4.78 is 10.5. The van der Waals surface area contributed by atoms with Gasteiger partial charge in [0, 0.05) is 17.1 Å². The number of fused-ring (bicyclic) bond motifs is 1. The second kappa shape index (κ2) is 5.87. The molecule has 2 rings (SSSR count). The standard InChI is InChI=1S/C15H18N2O4/c1-8(2)17-14(18)9(3)20-15(19)13-7-10-6-11(16)4-5-12(10)21-13/h4-9H,16H2,1-3H3,(H,17,18). The van der Waals surface area contributed by atoms with Crippen LogP contribution in [0, 0.1) is 0 Å². The van der Waals surface area contributed by atoms with E-state index >= 15 is 0 Å². The number of benzene rings is 1. The number of nitrogens with one attached hydrogen (secondary N) is 1. The summed E-state index contributed by atoms with van der Waals surface area (Å²) >= 11 is 0. The second-order valence-electron chi connectivity index (χ2n) is 5.12. The average molecular weight is 290 g/mol. The highest BCUT2D eigenvalue weighted by Gasteiger charge is 2.21. The molecule has 1 aromatic carbocycles. The summed E-state index contributed by atoms with van der Waals surface area (Å²) in [5.41, 5.74) is 6.78. The molecule has 0 bridgehead atoms. The van der Waals surface area contributed by atoms with Crippen LogP contribution in [0.4, 0.5) is 5.69 Å². The quantitative estimate of drug-likeness (QED) is 0.664. The van der Waals surface area contributed by atoms with Crippen molar-refractivity contribution in [2.45, 2.75) is 32.9 Å². The average Bonchev–Trinajstić information content (AvgIpc) is 2.80. The van der Waals surface area contributed by atoms with Gasteiger partial charge in [0.2, 0.25) is 5.76 Å². The Balaban J connectivity index is 2.09. The molecule has 21 heavy (non-hydrogen) atoms. The Hall–Kier alpha value is -2.50. The molecule has 0 fully saturated rings. The van der Waals surface area contributed by atoms with Crippen LogP contribution in [0.1, 0.15) is 31.3 Å². The molecule has 1 atom stereocenters. The van der Waals surface area contributed by atoms with Gasteiger partial charge in [-0.15, -0.1) is 0 Å². The Labute approximate surface area is 122 Å². The molecule has 0 saturated heterocycles. The fraction of sp³-hybridized carbons (Fsp3) is 0.333. The van der Waals surface area contributed by atoms with Crippen LogP contribution in [0.2, 0.25) is 0 Å². The van der Waals surface area contributed by atoms with Crippen LogP contribution in [0.25, 0.3) is 11.0 Å². The molecule has 3 N–H and O–H groups in total. The first-order valence-corrected chi connectivity index (χ1v) is 6.67. The van der Waals surface area contributed by atoms with Crippen molar-refractivity contribution in [1.29, 1.82) is 0 Å². The Morgan fingerprint density at radius 2 is 1.95 bits per heavy atom. The smallest absolute Gasteiger partial charge is 0.375 e. The number of esters is 1. The summed E-state index contributed by atoms with van der Waals surface area (Å²) in [5.74, 6) is -0.991. The van der Waals surface area contributed by atoms with E-state index in [0.29, 0.717) is 16.7 Å². The van der Waals surface area contributed by atoms with Gasteiger partial charge in [0.25, 0.3) is 5.91 Å². The molecule has 1 unspecified atom stereocenters. The molecule has 112 valence electrons. The Bertz CT molecular complexity index is 675. The number of nitrogens with two attached hydrogens (primary N) is 1. The van der Waals surface area contributed by atoms with Gasteiger partial charge in [-0.3, -0.25) is 4.79 Å². The van der Waals surface area contributed by atoms with E-state index in [-0.39, 0.29) is 17.7 Å². The van der Waals surface area contributed by atoms with Crippen molar-refractivity contribution in [2.24, 2.45) is 0 Å². The normalized spacial score (nSPS) is 12.4. The number of amides is 1. The van der Waals surface area contributed by atoms with Crippen LogP contribution in [-0.4, -0.2) is 24.0 Å². The third kappa shape index (κ3) is 3.53. The van der Waals surface area contributed by atoms with Crippen LogP contribution in [0.5, 0.6) is 0 Å². The van der Waals surface area contributed by atoms with Gasteiger partial charge in [-0.25, -0.2) is 4.79 Å². The fourth-order valence-electron chi connectivity index (χ4n) is 1.84. The van der Waals surface area contributed by atoms with Gasteiger partial charge in [-0.1, -0.05) is 0 Å². The van der Waals surface area contributed by atoms with E-state index in [0.717, 1.165) is 0 Å². The molecule has 0 saturated carbocycles. The Kier molecular flexibility index (Phi) is 4.16. The second-order valence-corrected chi connectivity index (χ2v) is 5.12. The summed E-state index contributed by atoms with van der Waals surface area (Å²) in [5, 5.41) is 3.38. The van der Waals surface area contributed by atoms with Crippen molar-refractivity contribution >= 4 is 28.5 Å². The zero-order chi connectivity index (χ0) is 15.6. The van der Waals surface area contributed by atoms with E-state index in [1.807, 2.05) is 13.8 Å². The maximum absolute atomic E-state index is 12.0. The van der Waals surface area contributed by atoms with E-state index < -0.39 is 12.1 Å². The van der Waals surface area contributed by atoms with Crippen LogP contribution >= 0.6 is 0 Å². The topological polar surface area (TPSA) is 94.6 Å². The minimum absolute atomic E-state index is 0.0205. The molecular formula is C15H18N2O4. The van der Waals surface area contributed by atoms with E-state index in [1.165, 1.54) is 6.92 Å². The van der Waals surface area contributed by atoms with Gasteiger partial charge >= 0.3 is 5.97 Å². The maximum Gasteiger partial charge on any atom is 0.375 e. The first-order chi connectivity index (χ1) is 9.86. The van der Waals surface area contributed by atoms with Gasteiger partial charge < -0.3 is 20.2 Å². The molecule has 2 aromatic rings. The number of hydrogen-bond acceptors (Lipinski definition) is 5. The molecule has 1 amide bonds. The van der Waals surface area contributed by atoms with Gasteiger partial charge in [0.1, 0.15) is 5.58 Å². The van der Waals surface area contributed by atoms with Crippen LogP contribution in [0.15, 0.2) is 28.7 Å². The predicted molar refractivity (Wildman–Crippen MR) is 78.8 cm³/mol. The van der Waals surface area contributed by atoms with Gasteiger partial charge in [-0.05, 0) is 45.0 Å². The highest BCUT2D eigenvalue weighted by atomic mass is 16.6. The molecule has 0 aliphatic heterocycles. The number of anilines is 1. The lowest BCUT2D eigenvalue weighted by Crippen LogP contribution is -2.39. The van der Waals surface area contributed by atoms with Gasteiger partial charge in [0.05, 0.1) is 0 Å². The lowest BCUT2D eigenvalue weighted by molar-refractivity contribution is -0.129. The largest absolute Gasteiger partial charge is 0.449 e. The number of carbonyl (C=O) groups is 2. The number of rotatable bonds is 4. The third-order valence-electron chi connectivity index (χ3n) is 2.83. The van der Waals surface area contributed by atoms with Crippen molar-refractivity contribution in [3.63, 3.8) is 0 Å². The number of carbonyl (C=O) groups excluding carboxylic acids is 2. The van der Waals surface area contributed by atoms with E-state index in [9.17, 15) is 9.59 Å². The van der Waals surface area contributed by atoms with E-state index in [1.54, 1.807) is 24.3 Å². The summed E-state index contributed by atoms with van der Waals surface area (Å²) in [6, 6.07) is 6.58. The monoisotopic (exact) mass is 290 g/mol. The number of nitrogen functional groups attached to an aromatic ring is 1. The molecule has 1 heterocycles. The first kappa shape index (κ1) is 14.9. The molecule has 6 nitrogen and oxygen atoms in total. The van der Waals surface area contributed by atoms with Crippen molar-refractivity contribution in [3.8, 4) is 0 Å². The SMILES string of the molecule is CC(C)NC(=O)C(C)OC(=O)c1cc2cc(N)ccc2o1. The molecule has 1 aromatic heterocycles. The summed E-state index contributed by atoms with van der Waals surface area (Å²) in [4.78, 5) is 23.7. The fourth-order valence-corrected chi connectivity index (χ4v) is 1.84. The number of hydrogen-bond donors (Lipinski definition) is 2. The lowest BCUT2D eigenvalue weighted by Gasteiger charge is -2.14. The van der Waals surface area contributed by atoms with Crippen molar-refractivity contribution in [3.05, 3.63) is 30.0 Å². The van der Waals surface area contributed by atoms with Crippen molar-refractivity contribution in [1.82, 2.24) is 5.32 Å². The molecule has 0 aliphatic rings. The zero-order valence-electron chi connectivity index (χ0n) is 12.2. The highest BCUT2D eigenvalue weighted by Crippen LogP contribution is 2.22. The molecular weight excluding hydrogens is 272 g/mol. The Morgan fingerprint density at radius 3 is 2.62 bits per heavy atom. The Morgan fingerprint density at radius 1 is 1.24 bits per heavy atom. The number of ether oxygens (including phenoxy) is 1. The lowest BCUT2D eigenvalue weighted by atomic mass is 10.2. The van der Waals surface area contributed by atoms with Crippen molar-refractivity contribution in [2.75, 3.05) is 5.73 Å². The van der Waals surface area contributed by atoms with Gasteiger partial charge in [-0.2, -0.15) is 0 Å². The van der Waals surface area contributed by atoms with E-state index in [2.05, 4.69) is 5.32 Å². The van der Waals surface area contributed by atoms with Crippen molar-refractivity contribution < 1.29 is 18.7 Å². The molecule has 0 aliphatic carbocycles. The van der Waals surface area contributed by atoms with Crippen LogP contribution < -0.4 is 11.1 Å². The van der Waals surface area contributed by atoms with Gasteiger partial charge in [0.15, 0.2) is 6.10 Å². The van der Waals surface area contributed by atoms with Crippen LogP contribution in [0.3, 0.4) is 0 Å². The minimum atomic E-state index is -0.891. The zero-order valence-corrected chi connectivity index (χ0v) is 12.2. The number of furan rings is 1. The maximum atomic E-state index is 12.0. The summed E-state index contributed by atoms with van der Waals surface area (Å²) in [7, 11) is 0. The molecule has 0 spiro atoms.